The fraction of sp³-hybridized carbons (Fsp3) is 0.391. The lowest BCUT2D eigenvalue weighted by atomic mass is 10.1. The summed E-state index contributed by atoms with van der Waals surface area (Å²) < 4.78 is 25.2. The zero-order valence-electron chi connectivity index (χ0n) is 17.8. The first-order valence-electron chi connectivity index (χ1n) is 10.4. The highest BCUT2D eigenvalue weighted by molar-refractivity contribution is 5.95. The predicted molar refractivity (Wildman–Crippen MR) is 118 cm³/mol. The maximum absolute atomic E-state index is 14.5. The number of nitrogens with zero attached hydrogens (tertiary/aromatic N) is 3. The number of ether oxygens (including phenoxy) is 2. The number of aliphatic hydroxyl groups is 1. The van der Waals surface area contributed by atoms with Crippen molar-refractivity contribution in [2.24, 2.45) is 5.92 Å². The Morgan fingerprint density at radius 2 is 2.16 bits per heavy atom. The summed E-state index contributed by atoms with van der Waals surface area (Å²) in [5.41, 5.74) is 3.11. The summed E-state index contributed by atoms with van der Waals surface area (Å²) in [5.74, 6) is 0.497. The number of hydrogen-bond donors (Lipinski definition) is 2. The molecule has 1 atom stereocenters. The van der Waals surface area contributed by atoms with Gasteiger partial charge in [0.25, 0.3) is 0 Å². The molecule has 7 nitrogen and oxygen atoms in total. The van der Waals surface area contributed by atoms with E-state index >= 15 is 0 Å². The molecule has 4 rings (SSSR count). The first-order valence-corrected chi connectivity index (χ1v) is 10.4. The second-order valence-electron chi connectivity index (χ2n) is 7.65. The van der Waals surface area contributed by atoms with Gasteiger partial charge in [-0.05, 0) is 31.7 Å². The Labute approximate surface area is 180 Å². The van der Waals surface area contributed by atoms with E-state index in [4.69, 9.17) is 14.5 Å². The number of aromatic nitrogens is 2. The van der Waals surface area contributed by atoms with Crippen LogP contribution < -0.4 is 19.7 Å². The van der Waals surface area contributed by atoms with Gasteiger partial charge in [0.2, 0.25) is 5.88 Å². The van der Waals surface area contributed by atoms with Crippen LogP contribution >= 0.6 is 0 Å². The number of likely N-dealkylation sites (N-methyl/N-ethyl adjacent to an activating group) is 1. The number of halogens is 1. The Hall–Kier alpha value is -2.97. The largest absolute Gasteiger partial charge is 0.494 e. The lowest BCUT2D eigenvalue weighted by molar-refractivity contribution is 0.238. The number of aliphatic hydroxyl groups excluding tert-OH is 1. The minimum Gasteiger partial charge on any atom is -0.494 e. The monoisotopic (exact) mass is 426 g/mol. The van der Waals surface area contributed by atoms with Crippen LogP contribution in [0.2, 0.25) is 0 Å². The Morgan fingerprint density at radius 1 is 1.29 bits per heavy atom. The molecule has 2 aromatic heterocycles. The molecule has 31 heavy (non-hydrogen) atoms. The highest BCUT2D eigenvalue weighted by Crippen LogP contribution is 2.36. The van der Waals surface area contributed by atoms with Crippen molar-refractivity contribution in [3.8, 4) is 22.9 Å². The molecular weight excluding hydrogens is 399 g/mol. The van der Waals surface area contributed by atoms with Crippen molar-refractivity contribution in [1.82, 2.24) is 15.3 Å². The molecule has 2 N–H and O–H groups in total. The Morgan fingerprint density at radius 3 is 2.84 bits per heavy atom. The van der Waals surface area contributed by atoms with Crippen LogP contribution in [0.5, 0.6) is 11.6 Å². The topological polar surface area (TPSA) is 79.7 Å². The van der Waals surface area contributed by atoms with Crippen LogP contribution in [0.15, 0.2) is 36.5 Å². The second-order valence-corrected chi connectivity index (χ2v) is 7.65. The van der Waals surface area contributed by atoms with Crippen LogP contribution in [-0.4, -0.2) is 62.1 Å². The number of pyridine rings is 2. The number of rotatable bonds is 8. The summed E-state index contributed by atoms with van der Waals surface area (Å²) in [7, 11) is 3.31. The first-order chi connectivity index (χ1) is 15.1. The number of benzene rings is 1. The molecule has 0 amide bonds. The van der Waals surface area contributed by atoms with Gasteiger partial charge in [0, 0.05) is 67.1 Å². The van der Waals surface area contributed by atoms with E-state index in [1.165, 1.54) is 13.2 Å². The maximum Gasteiger partial charge on any atom is 0.213 e. The summed E-state index contributed by atoms with van der Waals surface area (Å²) in [6, 6.07) is 8.80. The van der Waals surface area contributed by atoms with Crippen LogP contribution in [-0.2, 0) is 0 Å². The SMILES string of the molecule is CNCCOc1ccc(-c2cc(N3CCC(CO)C3)c3cc(F)c(OC)cc3n2)cn1. The molecule has 0 bridgehead atoms. The Bertz CT molecular complexity index is 1050. The van der Waals surface area contributed by atoms with Gasteiger partial charge >= 0.3 is 0 Å². The average Bonchev–Trinajstić information content (AvgIpc) is 3.28. The lowest BCUT2D eigenvalue weighted by Crippen LogP contribution is -2.21. The second kappa shape index (κ2) is 9.45. The first kappa shape index (κ1) is 21.3. The van der Waals surface area contributed by atoms with Crippen molar-refractivity contribution in [3.05, 3.63) is 42.3 Å². The average molecular weight is 426 g/mol. The molecule has 3 aromatic rings. The van der Waals surface area contributed by atoms with E-state index in [9.17, 15) is 9.50 Å². The molecule has 0 saturated carbocycles. The lowest BCUT2D eigenvalue weighted by Gasteiger charge is -2.22. The minimum absolute atomic E-state index is 0.146. The number of hydrogen-bond acceptors (Lipinski definition) is 7. The number of fused-ring (bicyclic) bond motifs is 1. The third-order valence-electron chi connectivity index (χ3n) is 5.58. The third-order valence-corrected chi connectivity index (χ3v) is 5.58. The zero-order valence-corrected chi connectivity index (χ0v) is 17.8. The third kappa shape index (κ3) is 4.55. The Kier molecular flexibility index (Phi) is 6.48. The van der Waals surface area contributed by atoms with Crippen LogP contribution in [0.25, 0.3) is 22.2 Å². The summed E-state index contributed by atoms with van der Waals surface area (Å²) in [4.78, 5) is 11.3. The van der Waals surface area contributed by atoms with E-state index in [-0.39, 0.29) is 18.3 Å². The molecule has 1 saturated heterocycles. The molecule has 1 aliphatic rings. The van der Waals surface area contributed by atoms with E-state index in [2.05, 4.69) is 15.2 Å². The summed E-state index contributed by atoms with van der Waals surface area (Å²) in [6.45, 7) is 2.94. The van der Waals surface area contributed by atoms with Gasteiger partial charge in [-0.1, -0.05) is 0 Å². The van der Waals surface area contributed by atoms with E-state index in [1.807, 2.05) is 25.2 Å². The van der Waals surface area contributed by atoms with Crippen molar-refractivity contribution < 1.29 is 19.0 Å². The number of methoxy groups -OCH3 is 1. The van der Waals surface area contributed by atoms with Crippen molar-refractivity contribution in [2.45, 2.75) is 6.42 Å². The minimum atomic E-state index is -0.423. The van der Waals surface area contributed by atoms with Crippen molar-refractivity contribution in [2.75, 3.05) is 51.9 Å². The van der Waals surface area contributed by atoms with Crippen molar-refractivity contribution in [1.29, 1.82) is 0 Å². The standard InChI is InChI=1S/C23H27FN4O3/c1-25-6-8-31-23-4-3-16(12-26-23)19-10-21(28-7-5-15(13-28)14-29)17-9-18(24)22(30-2)11-20(17)27-19/h3-4,9-12,15,25,29H,5-8,13-14H2,1-2H3. The highest BCUT2D eigenvalue weighted by atomic mass is 19.1. The normalized spacial score (nSPS) is 16.1. The van der Waals surface area contributed by atoms with Gasteiger partial charge in [-0.25, -0.2) is 14.4 Å². The zero-order chi connectivity index (χ0) is 21.8. The summed E-state index contributed by atoms with van der Waals surface area (Å²) in [6.07, 6.45) is 2.63. The molecule has 1 aliphatic heterocycles. The molecule has 3 heterocycles. The van der Waals surface area contributed by atoms with Crippen LogP contribution in [0.4, 0.5) is 10.1 Å². The van der Waals surface area contributed by atoms with Crippen LogP contribution in [0.1, 0.15) is 6.42 Å². The molecule has 0 radical (unpaired) electrons. The van der Waals surface area contributed by atoms with Gasteiger partial charge in [0.15, 0.2) is 11.6 Å². The number of nitrogens with one attached hydrogen (secondary N) is 1. The van der Waals surface area contributed by atoms with Gasteiger partial charge in [-0.15, -0.1) is 0 Å². The summed E-state index contributed by atoms with van der Waals surface area (Å²) in [5, 5.41) is 13.3. The van der Waals surface area contributed by atoms with E-state index < -0.39 is 5.82 Å². The fourth-order valence-electron chi connectivity index (χ4n) is 3.85. The smallest absolute Gasteiger partial charge is 0.213 e. The fourth-order valence-corrected chi connectivity index (χ4v) is 3.85. The quantitative estimate of drug-likeness (QED) is 0.536. The highest BCUT2D eigenvalue weighted by Gasteiger charge is 2.25. The van der Waals surface area contributed by atoms with Gasteiger partial charge in [-0.3, -0.25) is 0 Å². The molecule has 1 aromatic carbocycles. The number of anilines is 1. The molecule has 1 unspecified atom stereocenters. The van der Waals surface area contributed by atoms with E-state index in [0.29, 0.717) is 18.0 Å². The Balaban J connectivity index is 1.74. The van der Waals surface area contributed by atoms with Gasteiger partial charge < -0.3 is 24.8 Å². The van der Waals surface area contributed by atoms with E-state index in [0.717, 1.165) is 48.4 Å². The summed E-state index contributed by atoms with van der Waals surface area (Å²) >= 11 is 0. The molecule has 8 heteroatoms. The van der Waals surface area contributed by atoms with Crippen molar-refractivity contribution in [3.63, 3.8) is 0 Å². The van der Waals surface area contributed by atoms with Gasteiger partial charge in [-0.2, -0.15) is 0 Å². The van der Waals surface area contributed by atoms with Crippen LogP contribution in [0, 0.1) is 11.7 Å². The van der Waals surface area contributed by atoms with Gasteiger partial charge in [0.1, 0.15) is 6.61 Å². The van der Waals surface area contributed by atoms with Crippen molar-refractivity contribution >= 4 is 16.6 Å². The van der Waals surface area contributed by atoms with Crippen LogP contribution in [0.3, 0.4) is 0 Å². The molecule has 164 valence electrons. The van der Waals surface area contributed by atoms with E-state index in [1.54, 1.807) is 12.3 Å². The molecule has 0 spiro atoms. The molecule has 0 aliphatic carbocycles. The predicted octanol–water partition coefficient (Wildman–Crippen LogP) is 2.86. The maximum atomic E-state index is 14.5. The molecular formula is C23H27FN4O3. The van der Waals surface area contributed by atoms with Gasteiger partial charge in [0.05, 0.1) is 18.3 Å². The molecule has 1 fully saturated rings.